The number of rotatable bonds is 5. The number of thiazole rings is 1. The lowest BCUT2D eigenvalue weighted by Gasteiger charge is -2.27. The number of esters is 1. The maximum Gasteiger partial charge on any atom is 0.358 e. The zero-order chi connectivity index (χ0) is 14.8. The van der Waals surface area contributed by atoms with Crippen molar-refractivity contribution in [2.24, 2.45) is 0 Å². The predicted octanol–water partition coefficient (Wildman–Crippen LogP) is 0.513. The number of nitrogens with zero attached hydrogens (tertiary/aromatic N) is 1. The molecule has 1 fully saturated rings. The molecule has 1 heterocycles. The molecule has 1 saturated carbocycles. The van der Waals surface area contributed by atoms with Crippen LogP contribution in [-0.4, -0.2) is 43.7 Å². The molecule has 20 heavy (non-hydrogen) atoms. The molecule has 0 saturated heterocycles. The predicted molar refractivity (Wildman–Crippen MR) is 72.1 cm³/mol. The van der Waals surface area contributed by atoms with E-state index in [1.165, 1.54) is 5.51 Å². The number of aromatic nitrogens is 1. The van der Waals surface area contributed by atoms with Crippen molar-refractivity contribution >= 4 is 27.3 Å². The van der Waals surface area contributed by atoms with Gasteiger partial charge in [-0.15, -0.1) is 11.3 Å². The van der Waals surface area contributed by atoms with Crippen molar-refractivity contribution in [1.82, 2.24) is 9.71 Å². The molecule has 0 amide bonds. The fourth-order valence-electron chi connectivity index (χ4n) is 2.33. The van der Waals surface area contributed by atoms with E-state index < -0.39 is 21.5 Å². The summed E-state index contributed by atoms with van der Waals surface area (Å²) in [5.41, 5.74) is 0.216. The summed E-state index contributed by atoms with van der Waals surface area (Å²) >= 11 is 0.849. The van der Waals surface area contributed by atoms with Crippen LogP contribution in [0.2, 0.25) is 0 Å². The van der Waals surface area contributed by atoms with Gasteiger partial charge in [0.2, 0.25) is 0 Å². The first kappa shape index (κ1) is 15.4. The normalized spacial score (nSPS) is 18.1. The van der Waals surface area contributed by atoms with Gasteiger partial charge < -0.3 is 9.84 Å². The molecule has 1 aromatic rings. The van der Waals surface area contributed by atoms with Gasteiger partial charge in [-0.05, 0) is 12.8 Å². The Hall–Kier alpha value is -1.03. The molecule has 0 bridgehead atoms. The minimum absolute atomic E-state index is 0.177. The Morgan fingerprint density at radius 1 is 1.55 bits per heavy atom. The average Bonchev–Trinajstić information content (AvgIpc) is 3.06. The third-order valence-electron chi connectivity index (χ3n) is 3.37. The van der Waals surface area contributed by atoms with Gasteiger partial charge in [0.05, 0.1) is 24.8 Å². The van der Waals surface area contributed by atoms with Crippen molar-refractivity contribution < 1.29 is 23.1 Å². The summed E-state index contributed by atoms with van der Waals surface area (Å²) in [4.78, 5) is 15.2. The van der Waals surface area contributed by atoms with Gasteiger partial charge in [0, 0.05) is 0 Å². The first-order valence-electron chi connectivity index (χ1n) is 6.11. The Kier molecular flexibility index (Phi) is 4.43. The molecule has 1 aliphatic rings. The van der Waals surface area contributed by atoms with Crippen LogP contribution >= 0.6 is 11.3 Å². The largest absolute Gasteiger partial charge is 0.464 e. The molecule has 1 aliphatic carbocycles. The minimum atomic E-state index is -3.91. The third kappa shape index (κ3) is 2.85. The number of aliphatic hydroxyl groups excluding tert-OH is 1. The van der Waals surface area contributed by atoms with Gasteiger partial charge in [-0.2, -0.15) is 0 Å². The molecule has 7 nitrogen and oxygen atoms in total. The van der Waals surface area contributed by atoms with Crippen molar-refractivity contribution in [1.29, 1.82) is 0 Å². The molecule has 0 atom stereocenters. The van der Waals surface area contributed by atoms with Crippen LogP contribution in [0.5, 0.6) is 0 Å². The van der Waals surface area contributed by atoms with Crippen molar-refractivity contribution in [3.8, 4) is 0 Å². The Morgan fingerprint density at radius 3 is 2.75 bits per heavy atom. The summed E-state index contributed by atoms with van der Waals surface area (Å²) in [5.74, 6) is -0.795. The molecule has 112 valence electrons. The van der Waals surface area contributed by atoms with Gasteiger partial charge in [-0.25, -0.2) is 22.9 Å². The molecule has 0 aromatic carbocycles. The van der Waals surface area contributed by atoms with Crippen molar-refractivity contribution in [3.05, 3.63) is 11.2 Å². The Bertz CT molecular complexity index is 590. The van der Waals surface area contributed by atoms with Crippen LogP contribution in [0.15, 0.2) is 9.72 Å². The van der Waals surface area contributed by atoms with E-state index in [-0.39, 0.29) is 16.5 Å². The minimum Gasteiger partial charge on any atom is -0.464 e. The lowest BCUT2D eigenvalue weighted by atomic mass is 10.0. The van der Waals surface area contributed by atoms with Gasteiger partial charge in [0.25, 0.3) is 10.0 Å². The number of carbonyl (C=O) groups is 1. The number of hydrogen-bond donors (Lipinski definition) is 2. The van der Waals surface area contributed by atoms with Crippen LogP contribution < -0.4 is 4.72 Å². The maximum atomic E-state index is 12.4. The second-order valence-electron chi connectivity index (χ2n) is 4.73. The first-order valence-corrected chi connectivity index (χ1v) is 8.47. The molecule has 0 unspecified atom stereocenters. The molecular formula is C11H16N2O5S2. The van der Waals surface area contributed by atoms with Gasteiger partial charge in [0.15, 0.2) is 9.90 Å². The highest BCUT2D eigenvalue weighted by Gasteiger charge is 2.39. The molecular weight excluding hydrogens is 304 g/mol. The fraction of sp³-hybridized carbons (Fsp3) is 0.636. The third-order valence-corrected chi connectivity index (χ3v) is 6.32. The number of methoxy groups -OCH3 is 1. The number of carbonyl (C=O) groups excluding carboxylic acids is 1. The summed E-state index contributed by atoms with van der Waals surface area (Å²) in [7, 11) is -2.75. The first-order chi connectivity index (χ1) is 9.44. The van der Waals surface area contributed by atoms with E-state index in [0.29, 0.717) is 12.8 Å². The summed E-state index contributed by atoms with van der Waals surface area (Å²) in [6.07, 6.45) is 2.87. The zero-order valence-corrected chi connectivity index (χ0v) is 12.6. The second kappa shape index (κ2) is 5.76. The lowest BCUT2D eigenvalue weighted by molar-refractivity contribution is 0.0590. The van der Waals surface area contributed by atoms with E-state index in [4.69, 9.17) is 0 Å². The van der Waals surface area contributed by atoms with Crippen molar-refractivity contribution in [3.63, 3.8) is 0 Å². The van der Waals surface area contributed by atoms with Crippen molar-refractivity contribution in [2.45, 2.75) is 35.4 Å². The summed E-state index contributed by atoms with van der Waals surface area (Å²) in [6, 6.07) is 0. The van der Waals surface area contributed by atoms with Crippen LogP contribution in [0.4, 0.5) is 0 Å². The Labute approximate surface area is 121 Å². The highest BCUT2D eigenvalue weighted by Crippen LogP contribution is 2.32. The van der Waals surface area contributed by atoms with Crippen LogP contribution in [-0.2, 0) is 14.8 Å². The highest BCUT2D eigenvalue weighted by atomic mass is 32.2. The summed E-state index contributed by atoms with van der Waals surface area (Å²) < 4.78 is 31.7. The van der Waals surface area contributed by atoms with Gasteiger partial charge >= 0.3 is 5.97 Å². The van der Waals surface area contributed by atoms with Gasteiger partial charge in [-0.1, -0.05) is 12.8 Å². The molecule has 2 rings (SSSR count). The summed E-state index contributed by atoms with van der Waals surface area (Å²) in [5, 5.41) is 9.47. The standard InChI is InChI=1S/C11H16N2O5S2/c1-18-9(15)8-10(19-7-12-8)20(16,17)13-11(6-14)4-2-3-5-11/h7,13-14H,2-6H2,1H3. The van der Waals surface area contributed by atoms with Crippen LogP contribution in [0.25, 0.3) is 0 Å². The smallest absolute Gasteiger partial charge is 0.358 e. The Morgan fingerprint density at radius 2 is 2.20 bits per heavy atom. The number of aliphatic hydroxyl groups is 1. The quantitative estimate of drug-likeness (QED) is 0.766. The highest BCUT2D eigenvalue weighted by molar-refractivity contribution is 7.91. The van der Waals surface area contributed by atoms with E-state index in [2.05, 4.69) is 14.4 Å². The van der Waals surface area contributed by atoms with E-state index in [1.54, 1.807) is 0 Å². The molecule has 9 heteroatoms. The molecule has 2 N–H and O–H groups in total. The maximum absolute atomic E-state index is 12.4. The number of ether oxygens (including phenoxy) is 1. The number of hydrogen-bond acceptors (Lipinski definition) is 7. The zero-order valence-electron chi connectivity index (χ0n) is 11.0. The molecule has 0 spiro atoms. The van der Waals surface area contributed by atoms with E-state index in [1.807, 2.05) is 0 Å². The van der Waals surface area contributed by atoms with E-state index in [0.717, 1.165) is 31.3 Å². The number of nitrogens with one attached hydrogen (secondary N) is 1. The monoisotopic (exact) mass is 320 g/mol. The molecule has 0 radical (unpaired) electrons. The Balaban J connectivity index is 2.31. The number of sulfonamides is 1. The van der Waals surface area contributed by atoms with Crippen LogP contribution in [0.3, 0.4) is 0 Å². The van der Waals surface area contributed by atoms with Crippen LogP contribution in [0, 0.1) is 0 Å². The van der Waals surface area contributed by atoms with Crippen molar-refractivity contribution in [2.75, 3.05) is 13.7 Å². The van der Waals surface area contributed by atoms with E-state index >= 15 is 0 Å². The second-order valence-corrected chi connectivity index (χ2v) is 7.46. The van der Waals surface area contributed by atoms with Crippen LogP contribution in [0.1, 0.15) is 36.2 Å². The average molecular weight is 320 g/mol. The topological polar surface area (TPSA) is 106 Å². The van der Waals surface area contributed by atoms with Gasteiger partial charge in [-0.3, -0.25) is 0 Å². The molecule has 1 aromatic heterocycles. The molecule has 0 aliphatic heterocycles. The SMILES string of the molecule is COC(=O)c1ncsc1S(=O)(=O)NC1(CO)CCCC1. The van der Waals surface area contributed by atoms with Gasteiger partial charge in [0.1, 0.15) is 0 Å². The van der Waals surface area contributed by atoms with E-state index in [9.17, 15) is 18.3 Å². The lowest BCUT2D eigenvalue weighted by Crippen LogP contribution is -2.49. The fourth-order valence-corrected chi connectivity index (χ4v) is 4.92. The summed E-state index contributed by atoms with van der Waals surface area (Å²) in [6.45, 7) is -0.265.